The van der Waals surface area contributed by atoms with Crippen molar-refractivity contribution in [3.63, 3.8) is 0 Å². The average molecular weight is 166 g/mol. The van der Waals surface area contributed by atoms with E-state index in [-0.39, 0.29) is 0 Å². The zero-order valence-electron chi connectivity index (χ0n) is 6.79. The minimum Gasteiger partial charge on any atom is -0.114 e. The highest BCUT2D eigenvalue weighted by atomic mass is 31.1. The lowest BCUT2D eigenvalue weighted by molar-refractivity contribution is 0.267. The molecule has 4 aliphatic rings. The van der Waals surface area contributed by atoms with Crippen LogP contribution in [0.2, 0.25) is 0 Å². The Balaban J connectivity index is 1.65. The van der Waals surface area contributed by atoms with Gasteiger partial charge >= 0.3 is 0 Å². The fraction of sp³-hybridized carbons (Fsp3) is 1.00. The van der Waals surface area contributed by atoms with Gasteiger partial charge in [0.1, 0.15) is 0 Å². The topological polar surface area (TPSA) is 0 Å². The molecule has 0 aromatic rings. The van der Waals surface area contributed by atoms with Crippen molar-refractivity contribution in [3.8, 4) is 0 Å². The maximum atomic E-state index is 1.66. The Morgan fingerprint density at radius 1 is 0.818 bits per heavy atom. The summed E-state index contributed by atoms with van der Waals surface area (Å²) in [5.74, 6) is 4.90. The van der Waals surface area contributed by atoms with Gasteiger partial charge < -0.3 is 0 Å². The molecule has 4 fully saturated rings. The van der Waals surface area contributed by atoms with Crippen molar-refractivity contribution in [2.75, 3.05) is 0 Å². The van der Waals surface area contributed by atoms with Crippen LogP contribution in [0.25, 0.3) is 0 Å². The van der Waals surface area contributed by atoms with E-state index in [1.165, 1.54) is 43.6 Å². The lowest BCUT2D eigenvalue weighted by Gasteiger charge is -2.26. The standard InChI is InChI=1S/C10H15P/c1-5-2-7-4-9-10(11-9)8(7)3-6(1)5/h5-11H,1-4H2. The van der Waals surface area contributed by atoms with Gasteiger partial charge in [-0.25, -0.2) is 0 Å². The van der Waals surface area contributed by atoms with Crippen molar-refractivity contribution in [1.82, 2.24) is 0 Å². The minimum absolute atomic E-state index is 1.22. The van der Waals surface area contributed by atoms with Crippen LogP contribution in [0.4, 0.5) is 0 Å². The molecule has 1 heterocycles. The van der Waals surface area contributed by atoms with E-state index in [1.807, 2.05) is 0 Å². The molecule has 0 spiro atoms. The van der Waals surface area contributed by atoms with Crippen molar-refractivity contribution in [2.24, 2.45) is 23.7 Å². The van der Waals surface area contributed by atoms with Gasteiger partial charge in [0.15, 0.2) is 0 Å². The first kappa shape index (κ1) is 5.97. The number of hydrogen-bond donors (Lipinski definition) is 0. The van der Waals surface area contributed by atoms with Gasteiger partial charge in [0.2, 0.25) is 0 Å². The lowest BCUT2D eigenvalue weighted by Crippen LogP contribution is -2.19. The van der Waals surface area contributed by atoms with Crippen LogP contribution in [-0.2, 0) is 0 Å². The van der Waals surface area contributed by atoms with E-state index >= 15 is 0 Å². The van der Waals surface area contributed by atoms with Gasteiger partial charge in [0, 0.05) is 0 Å². The molecule has 3 aliphatic carbocycles. The Morgan fingerprint density at radius 3 is 2.64 bits per heavy atom. The summed E-state index contributed by atoms with van der Waals surface area (Å²) in [6.45, 7) is 0. The van der Waals surface area contributed by atoms with Gasteiger partial charge in [-0.05, 0) is 60.7 Å². The molecule has 7 unspecified atom stereocenters. The molecule has 1 aliphatic heterocycles. The first-order valence-electron chi connectivity index (χ1n) is 5.18. The molecule has 60 valence electrons. The third-order valence-corrected chi connectivity index (χ3v) is 6.46. The molecule has 3 saturated carbocycles. The number of hydrogen-bond acceptors (Lipinski definition) is 0. The Labute approximate surface area is 69.9 Å². The zero-order chi connectivity index (χ0) is 7.00. The SMILES string of the molecule is C1C2CC3CC4PC4C3CC12. The van der Waals surface area contributed by atoms with Gasteiger partial charge in [0.05, 0.1) is 0 Å². The van der Waals surface area contributed by atoms with Crippen molar-refractivity contribution >= 4 is 8.58 Å². The molecular weight excluding hydrogens is 151 g/mol. The van der Waals surface area contributed by atoms with Crippen LogP contribution in [0.3, 0.4) is 0 Å². The maximum Gasteiger partial charge on any atom is -0.0137 e. The summed E-state index contributed by atoms with van der Waals surface area (Å²) < 4.78 is 0. The van der Waals surface area contributed by atoms with Crippen molar-refractivity contribution in [3.05, 3.63) is 0 Å². The third-order valence-electron chi connectivity index (χ3n) is 4.60. The van der Waals surface area contributed by atoms with Crippen molar-refractivity contribution < 1.29 is 0 Å². The highest BCUT2D eigenvalue weighted by molar-refractivity contribution is 7.49. The molecule has 0 nitrogen and oxygen atoms in total. The summed E-state index contributed by atoms with van der Waals surface area (Å²) in [5.41, 5.74) is 2.52. The highest BCUT2D eigenvalue weighted by Gasteiger charge is 2.59. The third kappa shape index (κ3) is 0.705. The zero-order valence-corrected chi connectivity index (χ0v) is 7.79. The van der Waals surface area contributed by atoms with Gasteiger partial charge in [0.25, 0.3) is 0 Å². The summed E-state index contributed by atoms with van der Waals surface area (Å²) in [4.78, 5) is 0. The minimum atomic E-state index is 1.22. The first-order chi connectivity index (χ1) is 5.42. The van der Waals surface area contributed by atoms with E-state index in [2.05, 4.69) is 0 Å². The molecule has 7 atom stereocenters. The molecule has 0 radical (unpaired) electrons. The molecule has 1 saturated heterocycles. The summed E-state index contributed by atoms with van der Waals surface area (Å²) >= 11 is 0. The van der Waals surface area contributed by atoms with Gasteiger partial charge in [-0.3, -0.25) is 0 Å². The maximum absolute atomic E-state index is 1.66. The average Bonchev–Trinajstić information content (AvgIpc) is 2.84. The molecule has 0 aromatic carbocycles. The van der Waals surface area contributed by atoms with Crippen LogP contribution in [-0.4, -0.2) is 11.3 Å². The Hall–Kier alpha value is 0.430. The largest absolute Gasteiger partial charge is 0.114 e. The van der Waals surface area contributed by atoms with Crippen LogP contribution in [0, 0.1) is 23.7 Å². The second kappa shape index (κ2) is 1.69. The molecule has 0 amide bonds. The number of rotatable bonds is 0. The van der Waals surface area contributed by atoms with Crippen molar-refractivity contribution in [2.45, 2.75) is 37.0 Å². The number of fused-ring (bicyclic) bond motifs is 4. The predicted molar refractivity (Wildman–Crippen MR) is 48.3 cm³/mol. The molecular formula is C10H15P. The molecule has 11 heavy (non-hydrogen) atoms. The lowest BCUT2D eigenvalue weighted by atomic mass is 9.82. The van der Waals surface area contributed by atoms with Crippen molar-refractivity contribution in [1.29, 1.82) is 0 Å². The molecule has 4 rings (SSSR count). The highest BCUT2D eigenvalue weighted by Crippen LogP contribution is 2.70. The monoisotopic (exact) mass is 166 g/mol. The second-order valence-electron chi connectivity index (χ2n) is 5.19. The van der Waals surface area contributed by atoms with E-state index in [0.717, 1.165) is 0 Å². The smallest absolute Gasteiger partial charge is 0.0137 e. The van der Waals surface area contributed by atoms with E-state index in [0.29, 0.717) is 0 Å². The van der Waals surface area contributed by atoms with Crippen LogP contribution in [0.1, 0.15) is 25.7 Å². The van der Waals surface area contributed by atoms with Gasteiger partial charge in [-0.15, -0.1) is 8.58 Å². The Morgan fingerprint density at radius 2 is 1.64 bits per heavy atom. The van der Waals surface area contributed by atoms with E-state index < -0.39 is 0 Å². The van der Waals surface area contributed by atoms with Crippen LogP contribution < -0.4 is 0 Å². The van der Waals surface area contributed by atoms with Gasteiger partial charge in [-0.2, -0.15) is 0 Å². The second-order valence-corrected chi connectivity index (χ2v) is 6.93. The van der Waals surface area contributed by atoms with E-state index in [1.54, 1.807) is 25.7 Å². The molecule has 0 aromatic heterocycles. The Bertz CT molecular complexity index is 213. The summed E-state index contributed by atoms with van der Waals surface area (Å²) in [6, 6.07) is 0. The Kier molecular flexibility index (Phi) is 0.917. The van der Waals surface area contributed by atoms with Gasteiger partial charge in [-0.1, -0.05) is 0 Å². The first-order valence-corrected chi connectivity index (χ1v) is 6.33. The fourth-order valence-corrected chi connectivity index (χ4v) is 5.72. The van der Waals surface area contributed by atoms with E-state index in [4.69, 9.17) is 0 Å². The fourth-order valence-electron chi connectivity index (χ4n) is 3.86. The van der Waals surface area contributed by atoms with Crippen LogP contribution in [0.5, 0.6) is 0 Å². The predicted octanol–water partition coefficient (Wildman–Crippen LogP) is 2.48. The van der Waals surface area contributed by atoms with E-state index in [9.17, 15) is 0 Å². The summed E-state index contributed by atoms with van der Waals surface area (Å²) in [5, 5.41) is 0. The molecule has 0 bridgehead atoms. The summed E-state index contributed by atoms with van der Waals surface area (Å²) in [7, 11) is 1.40. The van der Waals surface area contributed by atoms with Crippen LogP contribution >= 0.6 is 8.58 Å². The van der Waals surface area contributed by atoms with Crippen LogP contribution in [0.15, 0.2) is 0 Å². The quantitative estimate of drug-likeness (QED) is 0.485. The normalized spacial score (nSPS) is 72.0. The molecule has 0 N–H and O–H groups in total. The summed E-state index contributed by atoms with van der Waals surface area (Å²) in [6.07, 6.45) is 6.57. The molecule has 1 heteroatoms.